The van der Waals surface area contributed by atoms with Gasteiger partial charge in [-0.1, -0.05) is 13.8 Å². The zero-order valence-corrected chi connectivity index (χ0v) is 10.6. The van der Waals surface area contributed by atoms with Gasteiger partial charge in [0.2, 0.25) is 0 Å². The lowest BCUT2D eigenvalue weighted by atomic mass is 9.94. The maximum absolute atomic E-state index is 11.5. The van der Waals surface area contributed by atoms with Crippen LogP contribution < -0.4 is 5.73 Å². The van der Waals surface area contributed by atoms with Crippen LogP contribution in [0, 0.1) is 11.8 Å². The number of hydrogen-bond donors (Lipinski definition) is 1. The van der Waals surface area contributed by atoms with Crippen LogP contribution in [0.15, 0.2) is 0 Å². The average Bonchev–Trinajstić information content (AvgIpc) is 2.45. The van der Waals surface area contributed by atoms with Gasteiger partial charge in [-0.05, 0) is 37.5 Å². The van der Waals surface area contributed by atoms with Crippen molar-refractivity contribution in [1.29, 1.82) is 0 Å². The van der Waals surface area contributed by atoms with Crippen molar-refractivity contribution in [3.05, 3.63) is 0 Å². The number of sulfone groups is 1. The largest absolute Gasteiger partial charge is 0.327 e. The minimum atomic E-state index is -2.80. The van der Waals surface area contributed by atoms with Crippen molar-refractivity contribution in [1.82, 2.24) is 0 Å². The van der Waals surface area contributed by atoms with E-state index < -0.39 is 9.84 Å². The van der Waals surface area contributed by atoms with Gasteiger partial charge in [-0.25, -0.2) is 8.42 Å². The summed E-state index contributed by atoms with van der Waals surface area (Å²) >= 11 is 0. The van der Waals surface area contributed by atoms with E-state index in [0.717, 1.165) is 25.7 Å². The molecule has 1 aliphatic rings. The molecule has 4 heteroatoms. The van der Waals surface area contributed by atoms with E-state index in [-0.39, 0.29) is 6.04 Å². The van der Waals surface area contributed by atoms with Crippen molar-refractivity contribution in [2.45, 2.75) is 45.6 Å². The molecule has 0 aliphatic heterocycles. The van der Waals surface area contributed by atoms with Crippen LogP contribution in [-0.4, -0.2) is 26.0 Å². The molecule has 0 bridgehead atoms. The van der Waals surface area contributed by atoms with Gasteiger partial charge < -0.3 is 5.73 Å². The van der Waals surface area contributed by atoms with Crippen molar-refractivity contribution >= 4 is 9.84 Å². The highest BCUT2D eigenvalue weighted by Crippen LogP contribution is 2.33. The second-order valence-electron chi connectivity index (χ2n) is 4.80. The van der Waals surface area contributed by atoms with E-state index in [1.54, 1.807) is 0 Å². The first-order valence-electron chi connectivity index (χ1n) is 5.92. The van der Waals surface area contributed by atoms with Gasteiger partial charge in [0.25, 0.3) is 0 Å². The Balaban J connectivity index is 2.38. The van der Waals surface area contributed by atoms with Crippen LogP contribution in [0.4, 0.5) is 0 Å². The molecule has 0 amide bonds. The molecule has 0 aromatic heterocycles. The molecule has 2 N–H and O–H groups in total. The zero-order valence-electron chi connectivity index (χ0n) is 9.78. The molecule has 1 rings (SSSR count). The predicted molar refractivity (Wildman–Crippen MR) is 63.4 cm³/mol. The normalized spacial score (nSPS) is 32.1. The maximum atomic E-state index is 11.5. The standard InChI is InChI=1S/C11H23NO2S/c1-3-7-15(13,14)8-6-10-4-5-11(12)9(10)2/h9-11H,3-8,12H2,1-2H3. The lowest BCUT2D eigenvalue weighted by Crippen LogP contribution is -2.26. The van der Waals surface area contributed by atoms with E-state index >= 15 is 0 Å². The van der Waals surface area contributed by atoms with E-state index in [9.17, 15) is 8.42 Å². The van der Waals surface area contributed by atoms with Gasteiger partial charge in [-0.15, -0.1) is 0 Å². The van der Waals surface area contributed by atoms with Crippen molar-refractivity contribution in [2.75, 3.05) is 11.5 Å². The number of nitrogens with two attached hydrogens (primary N) is 1. The fourth-order valence-corrected chi connectivity index (χ4v) is 3.92. The predicted octanol–water partition coefficient (Wildman–Crippen LogP) is 1.57. The molecule has 3 nitrogen and oxygen atoms in total. The maximum Gasteiger partial charge on any atom is 0.150 e. The third kappa shape index (κ3) is 3.76. The quantitative estimate of drug-likeness (QED) is 0.784. The molecule has 0 radical (unpaired) electrons. The van der Waals surface area contributed by atoms with E-state index in [1.165, 1.54) is 0 Å². The first kappa shape index (κ1) is 13.0. The molecular formula is C11H23NO2S. The summed E-state index contributed by atoms with van der Waals surface area (Å²) in [7, 11) is -2.80. The van der Waals surface area contributed by atoms with Crippen LogP contribution in [0.3, 0.4) is 0 Å². The van der Waals surface area contributed by atoms with Gasteiger partial charge in [0.1, 0.15) is 9.84 Å². The Bertz CT molecular complexity index is 287. The fraction of sp³-hybridized carbons (Fsp3) is 1.00. The molecule has 0 heterocycles. The molecule has 3 unspecified atom stereocenters. The third-order valence-electron chi connectivity index (χ3n) is 3.60. The highest BCUT2D eigenvalue weighted by Gasteiger charge is 2.30. The van der Waals surface area contributed by atoms with Crippen LogP contribution in [0.5, 0.6) is 0 Å². The lowest BCUT2D eigenvalue weighted by Gasteiger charge is -2.17. The summed E-state index contributed by atoms with van der Waals surface area (Å²) in [5.74, 6) is 1.69. The van der Waals surface area contributed by atoms with Crippen molar-refractivity contribution < 1.29 is 8.42 Å². The van der Waals surface area contributed by atoms with Gasteiger partial charge in [-0.2, -0.15) is 0 Å². The summed E-state index contributed by atoms with van der Waals surface area (Å²) in [6.45, 7) is 4.06. The Morgan fingerprint density at radius 1 is 1.27 bits per heavy atom. The lowest BCUT2D eigenvalue weighted by molar-refractivity contribution is 0.382. The average molecular weight is 233 g/mol. The summed E-state index contributed by atoms with van der Waals surface area (Å²) in [5, 5.41) is 0. The Morgan fingerprint density at radius 2 is 1.93 bits per heavy atom. The van der Waals surface area contributed by atoms with Gasteiger partial charge in [0.05, 0.1) is 5.75 Å². The van der Waals surface area contributed by atoms with Crippen molar-refractivity contribution in [3.63, 3.8) is 0 Å². The Hall–Kier alpha value is -0.0900. The van der Waals surface area contributed by atoms with Crippen LogP contribution >= 0.6 is 0 Å². The molecule has 0 saturated heterocycles. The smallest absolute Gasteiger partial charge is 0.150 e. The van der Waals surface area contributed by atoms with Crippen molar-refractivity contribution in [2.24, 2.45) is 17.6 Å². The fourth-order valence-electron chi connectivity index (χ4n) is 2.43. The Labute approximate surface area is 93.3 Å². The first-order valence-corrected chi connectivity index (χ1v) is 7.74. The molecule has 0 aromatic carbocycles. The topological polar surface area (TPSA) is 60.2 Å². The summed E-state index contributed by atoms with van der Waals surface area (Å²) in [6.07, 6.45) is 3.68. The van der Waals surface area contributed by atoms with E-state index in [4.69, 9.17) is 5.73 Å². The van der Waals surface area contributed by atoms with E-state index in [2.05, 4.69) is 6.92 Å². The third-order valence-corrected chi connectivity index (χ3v) is 5.49. The molecule has 90 valence electrons. The second-order valence-corrected chi connectivity index (χ2v) is 7.10. The van der Waals surface area contributed by atoms with Gasteiger partial charge in [0.15, 0.2) is 0 Å². The summed E-state index contributed by atoms with van der Waals surface area (Å²) in [4.78, 5) is 0. The summed E-state index contributed by atoms with van der Waals surface area (Å²) < 4.78 is 23.1. The van der Waals surface area contributed by atoms with Crippen LogP contribution in [0.1, 0.15) is 39.5 Å². The van der Waals surface area contributed by atoms with Crippen LogP contribution in [0.25, 0.3) is 0 Å². The molecule has 1 fully saturated rings. The van der Waals surface area contributed by atoms with Gasteiger partial charge >= 0.3 is 0 Å². The van der Waals surface area contributed by atoms with Crippen molar-refractivity contribution in [3.8, 4) is 0 Å². The Kier molecular flexibility index (Phi) is 4.59. The van der Waals surface area contributed by atoms with Gasteiger partial charge in [0, 0.05) is 11.8 Å². The number of hydrogen-bond acceptors (Lipinski definition) is 3. The molecule has 1 saturated carbocycles. The monoisotopic (exact) mass is 233 g/mol. The van der Waals surface area contributed by atoms with E-state index in [0.29, 0.717) is 23.3 Å². The molecule has 15 heavy (non-hydrogen) atoms. The SMILES string of the molecule is CCCS(=O)(=O)CCC1CCC(N)C1C. The molecule has 0 spiro atoms. The van der Waals surface area contributed by atoms with E-state index in [1.807, 2.05) is 6.92 Å². The number of rotatable bonds is 5. The minimum absolute atomic E-state index is 0.281. The highest BCUT2D eigenvalue weighted by atomic mass is 32.2. The summed E-state index contributed by atoms with van der Waals surface area (Å²) in [6, 6.07) is 0.281. The van der Waals surface area contributed by atoms with Crippen LogP contribution in [-0.2, 0) is 9.84 Å². The Morgan fingerprint density at radius 3 is 2.40 bits per heavy atom. The molecule has 0 aromatic rings. The molecule has 3 atom stereocenters. The van der Waals surface area contributed by atoms with Gasteiger partial charge in [-0.3, -0.25) is 0 Å². The molecule has 1 aliphatic carbocycles. The highest BCUT2D eigenvalue weighted by molar-refractivity contribution is 7.91. The first-order chi connectivity index (χ1) is 6.96. The van der Waals surface area contributed by atoms with Crippen LogP contribution in [0.2, 0.25) is 0 Å². The molecular weight excluding hydrogens is 210 g/mol. The second kappa shape index (κ2) is 5.30. The minimum Gasteiger partial charge on any atom is -0.327 e. The zero-order chi connectivity index (χ0) is 11.5. The summed E-state index contributed by atoms with van der Waals surface area (Å²) in [5.41, 5.74) is 5.92.